The van der Waals surface area contributed by atoms with Gasteiger partial charge in [-0.1, -0.05) is 28.9 Å². The molecule has 166 valence electrons. The zero-order valence-electron chi connectivity index (χ0n) is 18.0. The van der Waals surface area contributed by atoms with Crippen LogP contribution in [0.15, 0.2) is 58.8 Å². The highest BCUT2D eigenvalue weighted by molar-refractivity contribution is 6.30. The fourth-order valence-electron chi connectivity index (χ4n) is 3.61. The zero-order valence-corrected chi connectivity index (χ0v) is 18.7. The normalized spacial score (nSPS) is 16.3. The molecule has 0 aliphatic carbocycles. The third kappa shape index (κ3) is 4.32. The molecule has 9 heteroatoms. The second-order valence-corrected chi connectivity index (χ2v) is 7.67. The molecule has 0 fully saturated rings. The van der Waals surface area contributed by atoms with Gasteiger partial charge in [-0.3, -0.25) is 4.90 Å². The van der Waals surface area contributed by atoms with Crippen LogP contribution in [-0.2, 0) is 4.74 Å². The van der Waals surface area contributed by atoms with Gasteiger partial charge in [-0.15, -0.1) is 0 Å². The molecule has 1 aromatic heterocycles. The van der Waals surface area contributed by atoms with Gasteiger partial charge in [0.25, 0.3) is 5.89 Å². The third-order valence-corrected chi connectivity index (χ3v) is 5.58. The van der Waals surface area contributed by atoms with E-state index in [1.54, 1.807) is 31.3 Å². The van der Waals surface area contributed by atoms with Crippen LogP contribution in [0.5, 0.6) is 5.75 Å². The minimum Gasteiger partial charge on any atom is -0.497 e. The highest BCUT2D eigenvalue weighted by atomic mass is 35.5. The number of urea groups is 1. The number of methoxy groups -OCH3 is 2. The Labute approximate surface area is 190 Å². The number of rotatable bonds is 7. The molecular weight excluding hydrogens is 432 g/mol. The second-order valence-electron chi connectivity index (χ2n) is 7.23. The first-order valence-electron chi connectivity index (χ1n) is 10.0. The molecule has 1 atom stereocenters. The summed E-state index contributed by atoms with van der Waals surface area (Å²) in [6.45, 7) is 2.66. The number of benzene rings is 2. The summed E-state index contributed by atoms with van der Waals surface area (Å²) in [6.07, 6.45) is 0. The van der Waals surface area contributed by atoms with Gasteiger partial charge in [0.05, 0.1) is 31.9 Å². The number of hydrogen-bond acceptors (Lipinski definition) is 6. The van der Waals surface area contributed by atoms with Crippen molar-refractivity contribution in [1.82, 2.24) is 20.4 Å². The average Bonchev–Trinajstić information content (AvgIpc) is 3.29. The van der Waals surface area contributed by atoms with Crippen LogP contribution in [0.1, 0.15) is 24.4 Å². The van der Waals surface area contributed by atoms with E-state index in [4.69, 9.17) is 25.6 Å². The van der Waals surface area contributed by atoms with Crippen LogP contribution in [0.25, 0.3) is 17.0 Å². The molecule has 2 aromatic carbocycles. The van der Waals surface area contributed by atoms with Gasteiger partial charge < -0.3 is 19.3 Å². The van der Waals surface area contributed by atoms with Crippen LogP contribution in [0.4, 0.5) is 4.79 Å². The Morgan fingerprint density at radius 2 is 1.84 bits per heavy atom. The number of carbonyl (C=O) groups is 1. The van der Waals surface area contributed by atoms with Crippen molar-refractivity contribution >= 4 is 23.2 Å². The van der Waals surface area contributed by atoms with Crippen molar-refractivity contribution in [2.45, 2.75) is 13.0 Å². The fraction of sp³-hybridized carbons (Fsp3) is 0.261. The Bertz CT molecular complexity index is 1130. The first-order valence-corrected chi connectivity index (χ1v) is 10.4. The molecule has 1 aliphatic rings. The SMILES string of the molecule is COCCN1C(=O)NC(c2ccc(OC)cc2)C(c2nc(-c3ccc(Cl)cc3)no2)=C1C. The topological polar surface area (TPSA) is 89.7 Å². The number of allylic oxidation sites excluding steroid dienone is 1. The summed E-state index contributed by atoms with van der Waals surface area (Å²) >= 11 is 5.99. The lowest BCUT2D eigenvalue weighted by Crippen LogP contribution is -2.47. The minimum absolute atomic E-state index is 0.221. The quantitative estimate of drug-likeness (QED) is 0.563. The fourth-order valence-corrected chi connectivity index (χ4v) is 3.73. The molecule has 1 N–H and O–H groups in total. The Balaban J connectivity index is 1.77. The lowest BCUT2D eigenvalue weighted by molar-refractivity contribution is 0.158. The molecule has 32 heavy (non-hydrogen) atoms. The van der Waals surface area contributed by atoms with Crippen LogP contribution in [-0.4, -0.2) is 48.4 Å². The van der Waals surface area contributed by atoms with Gasteiger partial charge in [0.15, 0.2) is 0 Å². The van der Waals surface area contributed by atoms with Gasteiger partial charge in [-0.2, -0.15) is 4.98 Å². The van der Waals surface area contributed by atoms with Crippen LogP contribution in [0.3, 0.4) is 0 Å². The number of amides is 2. The van der Waals surface area contributed by atoms with Crippen molar-refractivity contribution in [2.24, 2.45) is 0 Å². The summed E-state index contributed by atoms with van der Waals surface area (Å²) in [5, 5.41) is 7.82. The van der Waals surface area contributed by atoms with Crippen LogP contribution >= 0.6 is 11.6 Å². The molecular formula is C23H23ClN4O4. The molecule has 0 bridgehead atoms. The maximum atomic E-state index is 12.9. The average molecular weight is 455 g/mol. The van der Waals surface area contributed by atoms with E-state index in [0.29, 0.717) is 29.9 Å². The maximum absolute atomic E-state index is 12.9. The number of aromatic nitrogens is 2. The van der Waals surface area contributed by atoms with E-state index in [2.05, 4.69) is 15.5 Å². The minimum atomic E-state index is -0.467. The molecule has 3 aromatic rings. The van der Waals surface area contributed by atoms with Crippen molar-refractivity contribution in [3.05, 3.63) is 70.7 Å². The van der Waals surface area contributed by atoms with Gasteiger partial charge in [0.1, 0.15) is 5.75 Å². The monoisotopic (exact) mass is 454 g/mol. The van der Waals surface area contributed by atoms with E-state index in [1.807, 2.05) is 43.3 Å². The number of nitrogens with one attached hydrogen (secondary N) is 1. The van der Waals surface area contributed by atoms with Gasteiger partial charge in [-0.05, 0) is 48.9 Å². The van der Waals surface area contributed by atoms with Crippen molar-refractivity contribution in [2.75, 3.05) is 27.4 Å². The zero-order chi connectivity index (χ0) is 22.7. The second kappa shape index (κ2) is 9.42. The summed E-state index contributed by atoms with van der Waals surface area (Å²) in [6, 6.07) is 14.0. The lowest BCUT2D eigenvalue weighted by atomic mass is 9.94. The summed E-state index contributed by atoms with van der Waals surface area (Å²) < 4.78 is 16.1. The first-order chi connectivity index (χ1) is 15.5. The number of hydrogen-bond donors (Lipinski definition) is 1. The van der Waals surface area contributed by atoms with E-state index in [1.165, 1.54) is 0 Å². The molecule has 2 heterocycles. The Hall–Kier alpha value is -3.36. The van der Waals surface area contributed by atoms with Crippen LogP contribution < -0.4 is 10.1 Å². The molecule has 8 nitrogen and oxygen atoms in total. The molecule has 0 radical (unpaired) electrons. The lowest BCUT2D eigenvalue weighted by Gasteiger charge is -2.35. The molecule has 1 unspecified atom stereocenters. The summed E-state index contributed by atoms with van der Waals surface area (Å²) in [4.78, 5) is 19.1. The maximum Gasteiger partial charge on any atom is 0.322 e. The number of nitrogens with zero attached hydrogens (tertiary/aromatic N) is 3. The van der Waals surface area contributed by atoms with Crippen molar-refractivity contribution in [3.63, 3.8) is 0 Å². The smallest absolute Gasteiger partial charge is 0.322 e. The van der Waals surface area contributed by atoms with E-state index >= 15 is 0 Å². The highest BCUT2D eigenvalue weighted by Crippen LogP contribution is 2.37. The molecule has 2 amide bonds. The first kappa shape index (κ1) is 21.9. The molecule has 0 saturated carbocycles. The van der Waals surface area contributed by atoms with E-state index < -0.39 is 6.04 Å². The molecule has 0 spiro atoms. The molecule has 4 rings (SSSR count). The molecule has 1 aliphatic heterocycles. The number of ether oxygens (including phenoxy) is 2. The predicted octanol–water partition coefficient (Wildman–Crippen LogP) is 4.54. The van der Waals surface area contributed by atoms with Crippen LogP contribution in [0.2, 0.25) is 5.02 Å². The van der Waals surface area contributed by atoms with Crippen molar-refractivity contribution in [1.29, 1.82) is 0 Å². The van der Waals surface area contributed by atoms with E-state index in [9.17, 15) is 4.79 Å². The third-order valence-electron chi connectivity index (χ3n) is 5.32. The summed E-state index contributed by atoms with van der Waals surface area (Å²) in [5.41, 5.74) is 3.09. The summed E-state index contributed by atoms with van der Waals surface area (Å²) in [5.74, 6) is 1.49. The van der Waals surface area contributed by atoms with E-state index in [-0.39, 0.29) is 6.03 Å². The van der Waals surface area contributed by atoms with Crippen molar-refractivity contribution < 1.29 is 18.8 Å². The van der Waals surface area contributed by atoms with Gasteiger partial charge in [0, 0.05) is 23.4 Å². The van der Waals surface area contributed by atoms with Gasteiger partial charge >= 0.3 is 6.03 Å². The largest absolute Gasteiger partial charge is 0.497 e. The Kier molecular flexibility index (Phi) is 6.43. The number of halogens is 1. The predicted molar refractivity (Wildman–Crippen MR) is 120 cm³/mol. The Morgan fingerprint density at radius 3 is 2.50 bits per heavy atom. The standard InChI is InChI=1S/C23H23ClN4O4/c1-14-19(22-26-21(27-32-22)16-4-8-17(24)9-5-16)20(15-6-10-18(31-3)11-7-15)25-23(29)28(14)12-13-30-2/h4-11,20H,12-13H2,1-3H3,(H,25,29). The van der Waals surface area contributed by atoms with Crippen LogP contribution in [0, 0.1) is 0 Å². The van der Waals surface area contributed by atoms with Gasteiger partial charge in [-0.25, -0.2) is 4.79 Å². The molecule has 0 saturated heterocycles. The van der Waals surface area contributed by atoms with Crippen molar-refractivity contribution in [3.8, 4) is 17.1 Å². The van der Waals surface area contributed by atoms with E-state index in [0.717, 1.165) is 28.1 Å². The summed E-state index contributed by atoms with van der Waals surface area (Å²) in [7, 11) is 3.20. The highest BCUT2D eigenvalue weighted by Gasteiger charge is 2.35. The number of carbonyl (C=O) groups excluding carboxylic acids is 1. The Morgan fingerprint density at radius 1 is 1.12 bits per heavy atom. The van der Waals surface area contributed by atoms with Gasteiger partial charge in [0.2, 0.25) is 5.82 Å².